The van der Waals surface area contributed by atoms with Crippen molar-refractivity contribution in [2.24, 2.45) is 0 Å². The van der Waals surface area contributed by atoms with E-state index in [1.54, 1.807) is 35.2 Å². The molecule has 0 aliphatic carbocycles. The first-order valence-corrected chi connectivity index (χ1v) is 9.55. The maximum Gasteiger partial charge on any atom is 0.323 e. The van der Waals surface area contributed by atoms with Crippen LogP contribution in [0.4, 0.5) is 30.6 Å². The van der Waals surface area contributed by atoms with Gasteiger partial charge in [0.05, 0.1) is 0 Å². The van der Waals surface area contributed by atoms with Crippen LogP contribution in [0.5, 0.6) is 0 Å². The molecule has 5 nitrogen and oxygen atoms in total. The molecule has 0 saturated heterocycles. The summed E-state index contributed by atoms with van der Waals surface area (Å²) < 4.78 is 27.4. The van der Waals surface area contributed by atoms with Gasteiger partial charge in [-0.25, -0.2) is 13.6 Å². The highest BCUT2D eigenvalue weighted by molar-refractivity contribution is 6.07. The second-order valence-electron chi connectivity index (χ2n) is 6.95. The van der Waals surface area contributed by atoms with Crippen LogP contribution in [0.2, 0.25) is 0 Å². The molecule has 152 valence electrons. The number of rotatable bonds is 3. The van der Waals surface area contributed by atoms with E-state index in [9.17, 15) is 18.4 Å². The Kier molecular flexibility index (Phi) is 5.43. The zero-order valence-electron chi connectivity index (χ0n) is 16.0. The predicted molar refractivity (Wildman–Crippen MR) is 112 cm³/mol. The number of nitrogens with zero attached hydrogens (tertiary/aromatic N) is 1. The second kappa shape index (κ2) is 8.32. The highest BCUT2D eigenvalue weighted by atomic mass is 19.1. The van der Waals surface area contributed by atoms with Crippen molar-refractivity contribution < 1.29 is 18.4 Å². The molecule has 7 heteroatoms. The van der Waals surface area contributed by atoms with Gasteiger partial charge in [0.15, 0.2) is 0 Å². The maximum atomic E-state index is 13.7. The summed E-state index contributed by atoms with van der Waals surface area (Å²) in [5, 5.41) is 4.77. The van der Waals surface area contributed by atoms with Gasteiger partial charge in [0.25, 0.3) is 5.91 Å². The third kappa shape index (κ3) is 4.00. The van der Waals surface area contributed by atoms with E-state index in [1.807, 2.05) is 18.2 Å². The van der Waals surface area contributed by atoms with E-state index < -0.39 is 23.4 Å². The number of benzene rings is 3. The van der Waals surface area contributed by atoms with Crippen LogP contribution in [0, 0.1) is 11.6 Å². The van der Waals surface area contributed by atoms with Gasteiger partial charge in [-0.2, -0.15) is 0 Å². The summed E-state index contributed by atoms with van der Waals surface area (Å²) in [6.07, 6.45) is 1.55. The molecule has 1 aliphatic heterocycles. The minimum absolute atomic E-state index is 0.0787. The van der Waals surface area contributed by atoms with Crippen LogP contribution in [-0.2, 0) is 6.42 Å². The summed E-state index contributed by atoms with van der Waals surface area (Å²) >= 11 is 0. The number of carbonyl (C=O) groups excluding carboxylic acids is 2. The van der Waals surface area contributed by atoms with Gasteiger partial charge < -0.3 is 15.5 Å². The van der Waals surface area contributed by atoms with Gasteiger partial charge in [-0.15, -0.1) is 0 Å². The number of amides is 3. The molecule has 0 spiro atoms. The summed E-state index contributed by atoms with van der Waals surface area (Å²) in [6, 6.07) is 16.9. The first-order chi connectivity index (χ1) is 14.5. The monoisotopic (exact) mass is 407 g/mol. The Hall–Kier alpha value is -3.74. The minimum atomic E-state index is -0.856. The molecule has 0 saturated carbocycles. The van der Waals surface area contributed by atoms with Crippen molar-refractivity contribution in [1.82, 2.24) is 0 Å². The van der Waals surface area contributed by atoms with Crippen LogP contribution in [0.15, 0.2) is 66.7 Å². The molecule has 3 aromatic rings. The van der Waals surface area contributed by atoms with Crippen molar-refractivity contribution in [3.05, 3.63) is 89.5 Å². The smallest absolute Gasteiger partial charge is 0.308 e. The Bertz CT molecular complexity index is 1080. The van der Waals surface area contributed by atoms with Gasteiger partial charge in [0.1, 0.15) is 17.3 Å². The molecule has 3 aromatic carbocycles. The fraction of sp³-hybridized carbons (Fsp3) is 0.130. The molecule has 3 amide bonds. The van der Waals surface area contributed by atoms with E-state index in [1.165, 1.54) is 6.07 Å². The third-order valence-corrected chi connectivity index (χ3v) is 4.92. The van der Waals surface area contributed by atoms with Crippen molar-refractivity contribution in [2.45, 2.75) is 12.8 Å². The molecule has 2 N–H and O–H groups in total. The average Bonchev–Trinajstić information content (AvgIpc) is 2.76. The normalized spacial score (nSPS) is 12.8. The molecule has 0 aromatic heterocycles. The molecule has 0 unspecified atom stereocenters. The number of aryl methyl sites for hydroxylation is 1. The lowest BCUT2D eigenvalue weighted by molar-refractivity contribution is 0.0985. The highest BCUT2D eigenvalue weighted by Gasteiger charge is 2.24. The number of hydrogen-bond donors (Lipinski definition) is 2. The number of para-hydroxylation sites is 1. The molecule has 0 fully saturated rings. The van der Waals surface area contributed by atoms with E-state index in [0.717, 1.165) is 36.2 Å². The Morgan fingerprint density at radius 1 is 0.867 bits per heavy atom. The van der Waals surface area contributed by atoms with Crippen LogP contribution in [0.25, 0.3) is 0 Å². The van der Waals surface area contributed by atoms with Gasteiger partial charge in [-0.3, -0.25) is 4.79 Å². The molecule has 30 heavy (non-hydrogen) atoms. The van der Waals surface area contributed by atoms with Gasteiger partial charge in [-0.05, 0) is 60.9 Å². The standard InChI is InChI=1S/C23H19F2N3O2/c24-18-9-4-10-19(25)21(18)27-23(30)26-17-11-12-20-16(14-17)8-5-13-28(20)22(29)15-6-2-1-3-7-15/h1-4,6-7,9-12,14H,5,8,13H2,(H2,26,27,30). The first kappa shape index (κ1) is 19.6. The molecular formula is C23H19F2N3O2. The largest absolute Gasteiger partial charge is 0.323 e. The fourth-order valence-electron chi connectivity index (χ4n) is 3.52. The number of halogens is 2. The Morgan fingerprint density at radius 2 is 1.60 bits per heavy atom. The van der Waals surface area contributed by atoms with Crippen LogP contribution in [0.3, 0.4) is 0 Å². The number of carbonyl (C=O) groups is 2. The SMILES string of the molecule is O=C(Nc1ccc2c(c1)CCCN2C(=O)c1ccccc1)Nc1c(F)cccc1F. The summed E-state index contributed by atoms with van der Waals surface area (Å²) in [4.78, 5) is 26.8. The number of anilines is 3. The van der Waals surface area contributed by atoms with Crippen molar-refractivity contribution >= 4 is 29.0 Å². The van der Waals surface area contributed by atoms with Crippen molar-refractivity contribution in [1.29, 1.82) is 0 Å². The van der Waals surface area contributed by atoms with Crippen LogP contribution in [0.1, 0.15) is 22.3 Å². The molecule has 4 rings (SSSR count). The lowest BCUT2D eigenvalue weighted by Gasteiger charge is -2.30. The number of hydrogen-bond acceptors (Lipinski definition) is 2. The lowest BCUT2D eigenvalue weighted by Crippen LogP contribution is -2.35. The Balaban J connectivity index is 1.51. The van der Waals surface area contributed by atoms with Gasteiger partial charge >= 0.3 is 6.03 Å². The van der Waals surface area contributed by atoms with Gasteiger partial charge in [0, 0.05) is 23.5 Å². The Morgan fingerprint density at radius 3 is 2.33 bits per heavy atom. The second-order valence-corrected chi connectivity index (χ2v) is 6.95. The summed E-state index contributed by atoms with van der Waals surface area (Å²) in [5.41, 5.74) is 2.28. The molecule has 0 bridgehead atoms. The summed E-state index contributed by atoms with van der Waals surface area (Å²) in [7, 11) is 0. The van der Waals surface area contributed by atoms with Gasteiger partial charge in [0.2, 0.25) is 0 Å². The van der Waals surface area contributed by atoms with E-state index in [-0.39, 0.29) is 5.91 Å². The van der Waals surface area contributed by atoms with E-state index in [0.29, 0.717) is 17.8 Å². The number of nitrogens with one attached hydrogen (secondary N) is 2. The Labute approximate surface area is 172 Å². The van der Waals surface area contributed by atoms with E-state index in [2.05, 4.69) is 10.6 Å². The minimum Gasteiger partial charge on any atom is -0.308 e. The van der Waals surface area contributed by atoms with Crippen LogP contribution >= 0.6 is 0 Å². The number of urea groups is 1. The zero-order valence-corrected chi connectivity index (χ0v) is 16.0. The zero-order chi connectivity index (χ0) is 21.1. The van der Waals surface area contributed by atoms with Crippen molar-refractivity contribution in [3.63, 3.8) is 0 Å². The highest BCUT2D eigenvalue weighted by Crippen LogP contribution is 2.31. The van der Waals surface area contributed by atoms with E-state index >= 15 is 0 Å². The van der Waals surface area contributed by atoms with Crippen LogP contribution < -0.4 is 15.5 Å². The summed E-state index contributed by atoms with van der Waals surface area (Å²) in [5.74, 6) is -1.79. The van der Waals surface area contributed by atoms with Gasteiger partial charge in [-0.1, -0.05) is 24.3 Å². The molecule has 1 aliphatic rings. The molecule has 0 radical (unpaired) electrons. The topological polar surface area (TPSA) is 61.4 Å². The lowest BCUT2D eigenvalue weighted by atomic mass is 10.00. The van der Waals surface area contributed by atoms with Crippen molar-refractivity contribution in [3.8, 4) is 0 Å². The fourth-order valence-corrected chi connectivity index (χ4v) is 3.52. The molecular weight excluding hydrogens is 388 g/mol. The number of fused-ring (bicyclic) bond motifs is 1. The molecule has 1 heterocycles. The van der Waals surface area contributed by atoms with E-state index in [4.69, 9.17) is 0 Å². The maximum absolute atomic E-state index is 13.7. The quantitative estimate of drug-likeness (QED) is 0.627. The predicted octanol–water partition coefficient (Wildman–Crippen LogP) is 5.20. The summed E-state index contributed by atoms with van der Waals surface area (Å²) in [6.45, 7) is 0.612. The average molecular weight is 407 g/mol. The van der Waals surface area contributed by atoms with Crippen molar-refractivity contribution in [2.75, 3.05) is 22.1 Å². The first-order valence-electron chi connectivity index (χ1n) is 9.55. The molecule has 0 atom stereocenters. The van der Waals surface area contributed by atoms with Crippen LogP contribution in [-0.4, -0.2) is 18.5 Å². The third-order valence-electron chi connectivity index (χ3n) is 4.92.